The SMILES string of the molecule is CCCC(NC(=O)/C(C)=N/c1cc2c(nc1S)CC[C@H](C(C)(C)C)C2)C1=C/C=C\CC/C=C\1. The molecule has 1 unspecified atom stereocenters. The summed E-state index contributed by atoms with van der Waals surface area (Å²) in [6, 6.07) is 2.06. The molecule has 2 aliphatic rings. The highest BCUT2D eigenvalue weighted by Crippen LogP contribution is 2.38. The smallest absolute Gasteiger partial charge is 0.265 e. The summed E-state index contributed by atoms with van der Waals surface area (Å²) in [6.07, 6.45) is 17.8. The van der Waals surface area contributed by atoms with Crippen molar-refractivity contribution in [3.05, 3.63) is 53.3 Å². The largest absolute Gasteiger partial charge is 0.344 e. The molecule has 2 aliphatic carbocycles. The zero-order valence-electron chi connectivity index (χ0n) is 20.8. The summed E-state index contributed by atoms with van der Waals surface area (Å²) >= 11 is 4.59. The van der Waals surface area contributed by atoms with Gasteiger partial charge >= 0.3 is 0 Å². The number of carbonyl (C=O) groups is 1. The number of hydrogen-bond donors (Lipinski definition) is 2. The maximum Gasteiger partial charge on any atom is 0.265 e. The lowest BCUT2D eigenvalue weighted by Crippen LogP contribution is -2.39. The van der Waals surface area contributed by atoms with Gasteiger partial charge in [0.2, 0.25) is 0 Å². The molecule has 0 bridgehead atoms. The van der Waals surface area contributed by atoms with Gasteiger partial charge in [0.05, 0.1) is 11.7 Å². The number of aromatic nitrogens is 1. The Morgan fingerprint density at radius 3 is 2.79 bits per heavy atom. The van der Waals surface area contributed by atoms with E-state index in [2.05, 4.69) is 87.1 Å². The fourth-order valence-electron chi connectivity index (χ4n) is 4.54. The van der Waals surface area contributed by atoms with Gasteiger partial charge in [0.25, 0.3) is 5.91 Å². The van der Waals surface area contributed by atoms with Crippen LogP contribution in [0.25, 0.3) is 0 Å². The van der Waals surface area contributed by atoms with E-state index in [0.717, 1.165) is 56.2 Å². The van der Waals surface area contributed by atoms with Gasteiger partial charge in [-0.25, -0.2) is 9.98 Å². The van der Waals surface area contributed by atoms with Crippen LogP contribution in [-0.2, 0) is 17.6 Å². The normalized spacial score (nSPS) is 23.4. The Morgan fingerprint density at radius 2 is 2.06 bits per heavy atom. The van der Waals surface area contributed by atoms with Gasteiger partial charge in [0.1, 0.15) is 10.7 Å². The fourth-order valence-corrected chi connectivity index (χ4v) is 4.78. The molecule has 0 saturated heterocycles. The second kappa shape index (κ2) is 11.3. The fraction of sp³-hybridized carbons (Fsp3) is 0.536. The van der Waals surface area contributed by atoms with E-state index in [-0.39, 0.29) is 17.4 Å². The van der Waals surface area contributed by atoms with Crippen molar-refractivity contribution in [2.24, 2.45) is 16.3 Å². The number of aliphatic imine (C=N–C) groups is 1. The zero-order valence-corrected chi connectivity index (χ0v) is 21.7. The quantitative estimate of drug-likeness (QED) is 0.361. The van der Waals surface area contributed by atoms with Crippen molar-refractivity contribution >= 4 is 29.9 Å². The van der Waals surface area contributed by atoms with Gasteiger partial charge in [-0.1, -0.05) is 64.5 Å². The third-order valence-corrected chi connectivity index (χ3v) is 7.04. The average Bonchev–Trinajstić information content (AvgIpc) is 2.72. The van der Waals surface area contributed by atoms with E-state index >= 15 is 0 Å². The first-order valence-corrected chi connectivity index (χ1v) is 12.7. The predicted octanol–water partition coefficient (Wildman–Crippen LogP) is 6.73. The maximum absolute atomic E-state index is 13.1. The highest BCUT2D eigenvalue weighted by Gasteiger charge is 2.30. The molecule has 1 aromatic rings. The van der Waals surface area contributed by atoms with Crippen LogP contribution in [0.5, 0.6) is 0 Å². The summed E-state index contributed by atoms with van der Waals surface area (Å²) in [6.45, 7) is 10.8. The van der Waals surface area contributed by atoms with Gasteiger partial charge in [-0.2, -0.15) is 0 Å². The van der Waals surface area contributed by atoms with Crippen LogP contribution in [0.3, 0.4) is 0 Å². The number of carbonyl (C=O) groups excluding carboxylic acids is 1. The van der Waals surface area contributed by atoms with E-state index in [0.29, 0.717) is 22.3 Å². The van der Waals surface area contributed by atoms with Crippen molar-refractivity contribution in [1.82, 2.24) is 10.3 Å². The van der Waals surface area contributed by atoms with Gasteiger partial charge in [-0.15, -0.1) is 12.6 Å². The Kier molecular flexibility index (Phi) is 8.75. The topological polar surface area (TPSA) is 54.4 Å². The van der Waals surface area contributed by atoms with E-state index in [1.165, 1.54) is 5.56 Å². The van der Waals surface area contributed by atoms with E-state index in [1.807, 2.05) is 0 Å². The van der Waals surface area contributed by atoms with Gasteiger partial charge in [0, 0.05) is 5.69 Å². The standard InChI is InChI=1S/C28H39N3OS/c1-6-12-23(20-13-10-8-7-9-11-14-20)30-26(32)19(2)29-25-18-21-17-22(28(3,4)5)15-16-24(21)31-27(25)33/h8,10-11,13-14,18,22-23H,6-7,9,12,15-17H2,1-5H3,(H,30,32)(H,31,33)/b10-8-,14-11-,20-13+,29-19+/t22-,23?/m0/s1. The molecule has 1 N–H and O–H groups in total. The Balaban J connectivity index is 1.79. The molecule has 0 radical (unpaired) electrons. The van der Waals surface area contributed by atoms with Crippen molar-refractivity contribution < 1.29 is 4.79 Å². The molecular weight excluding hydrogens is 426 g/mol. The molecule has 1 aromatic heterocycles. The summed E-state index contributed by atoms with van der Waals surface area (Å²) in [7, 11) is 0. The van der Waals surface area contributed by atoms with E-state index in [1.54, 1.807) is 6.92 Å². The van der Waals surface area contributed by atoms with Crippen molar-refractivity contribution in [3.63, 3.8) is 0 Å². The maximum atomic E-state index is 13.1. The highest BCUT2D eigenvalue weighted by molar-refractivity contribution is 7.80. The number of allylic oxidation sites excluding steroid dienone is 4. The lowest BCUT2D eigenvalue weighted by Gasteiger charge is -2.34. The molecule has 2 atom stereocenters. The number of thiol groups is 1. The monoisotopic (exact) mass is 465 g/mol. The number of fused-ring (bicyclic) bond motifs is 1. The summed E-state index contributed by atoms with van der Waals surface area (Å²) in [5.41, 5.74) is 4.88. The van der Waals surface area contributed by atoms with E-state index in [9.17, 15) is 4.79 Å². The molecule has 1 heterocycles. The average molecular weight is 466 g/mol. The number of pyridine rings is 1. The van der Waals surface area contributed by atoms with Crippen LogP contribution >= 0.6 is 12.6 Å². The number of nitrogens with one attached hydrogen (secondary N) is 1. The third-order valence-electron chi connectivity index (χ3n) is 6.71. The summed E-state index contributed by atoms with van der Waals surface area (Å²) in [4.78, 5) is 22.4. The van der Waals surface area contributed by atoms with Crippen molar-refractivity contribution in [1.29, 1.82) is 0 Å². The van der Waals surface area contributed by atoms with Crippen molar-refractivity contribution in [2.45, 2.75) is 90.6 Å². The molecule has 4 nitrogen and oxygen atoms in total. The molecule has 0 fully saturated rings. The first-order chi connectivity index (χ1) is 15.7. The highest BCUT2D eigenvalue weighted by atomic mass is 32.1. The number of hydrogen-bond acceptors (Lipinski definition) is 4. The lowest BCUT2D eigenvalue weighted by atomic mass is 9.71. The minimum Gasteiger partial charge on any atom is -0.344 e. The van der Waals surface area contributed by atoms with Gasteiger partial charge in [0.15, 0.2) is 0 Å². The Labute approximate surface area is 205 Å². The van der Waals surface area contributed by atoms with E-state index in [4.69, 9.17) is 4.98 Å². The van der Waals surface area contributed by atoms with Crippen LogP contribution in [0.1, 0.15) is 78.0 Å². The number of amides is 1. The van der Waals surface area contributed by atoms with Crippen LogP contribution in [0.2, 0.25) is 0 Å². The summed E-state index contributed by atoms with van der Waals surface area (Å²) in [5, 5.41) is 3.79. The number of aryl methyl sites for hydroxylation is 1. The molecule has 33 heavy (non-hydrogen) atoms. The first kappa shape index (κ1) is 25.5. The van der Waals surface area contributed by atoms with Crippen LogP contribution in [0.15, 0.2) is 52.0 Å². The second-order valence-electron chi connectivity index (χ2n) is 10.3. The van der Waals surface area contributed by atoms with Crippen LogP contribution < -0.4 is 5.32 Å². The minimum atomic E-state index is -0.146. The molecule has 0 aliphatic heterocycles. The van der Waals surface area contributed by atoms with Crippen LogP contribution in [0, 0.1) is 11.3 Å². The Bertz CT molecular complexity index is 982. The lowest BCUT2D eigenvalue weighted by molar-refractivity contribution is -0.115. The van der Waals surface area contributed by atoms with Crippen molar-refractivity contribution in [2.75, 3.05) is 0 Å². The Morgan fingerprint density at radius 1 is 1.30 bits per heavy atom. The predicted molar refractivity (Wildman–Crippen MR) is 142 cm³/mol. The van der Waals surface area contributed by atoms with Gasteiger partial charge in [-0.3, -0.25) is 4.79 Å². The molecule has 0 aromatic carbocycles. The van der Waals surface area contributed by atoms with Gasteiger partial charge in [-0.05, 0) is 74.0 Å². The molecule has 0 spiro atoms. The number of rotatable bonds is 6. The summed E-state index contributed by atoms with van der Waals surface area (Å²) in [5.74, 6) is 0.472. The molecule has 0 saturated carbocycles. The molecular formula is C28H39N3OS. The molecule has 3 rings (SSSR count). The third kappa shape index (κ3) is 6.92. The Hall–Kier alpha value is -2.14. The molecule has 5 heteroatoms. The molecule has 1 amide bonds. The van der Waals surface area contributed by atoms with Crippen LogP contribution in [0.4, 0.5) is 5.69 Å². The molecule has 178 valence electrons. The number of nitrogens with zero attached hydrogens (tertiary/aromatic N) is 2. The zero-order chi connectivity index (χ0) is 24.0. The first-order valence-electron chi connectivity index (χ1n) is 12.3. The minimum absolute atomic E-state index is 0.0312. The van der Waals surface area contributed by atoms with Crippen LogP contribution in [-0.4, -0.2) is 22.6 Å². The van der Waals surface area contributed by atoms with E-state index < -0.39 is 0 Å². The van der Waals surface area contributed by atoms with Crippen molar-refractivity contribution in [3.8, 4) is 0 Å². The van der Waals surface area contributed by atoms with Gasteiger partial charge < -0.3 is 5.32 Å². The second-order valence-corrected chi connectivity index (χ2v) is 10.8. The summed E-state index contributed by atoms with van der Waals surface area (Å²) < 4.78 is 0.